The molecule has 4 nitrogen and oxygen atoms in total. The number of nitrogens with one attached hydrogen (secondary N) is 2. The van der Waals surface area contributed by atoms with Crippen LogP contribution in [0.25, 0.3) is 0 Å². The molecule has 5 heteroatoms. The van der Waals surface area contributed by atoms with E-state index in [1.807, 2.05) is 44.2 Å². The number of aryl methyl sites for hydroxylation is 3. The van der Waals surface area contributed by atoms with Crippen LogP contribution in [0.3, 0.4) is 0 Å². The molecule has 2 N–H and O–H groups in total. The molecule has 25 heavy (non-hydrogen) atoms. The van der Waals surface area contributed by atoms with E-state index in [9.17, 15) is 10.1 Å². The summed E-state index contributed by atoms with van der Waals surface area (Å²) in [7, 11) is 0. The number of nitrogens with zero attached hydrogens (tertiary/aromatic N) is 1. The first-order valence-electron chi connectivity index (χ1n) is 7.99. The number of para-hydroxylation sites is 1. The zero-order chi connectivity index (χ0) is 18.4. The summed E-state index contributed by atoms with van der Waals surface area (Å²) >= 11 is 5.96. The average Bonchev–Trinajstić information content (AvgIpc) is 2.59. The summed E-state index contributed by atoms with van der Waals surface area (Å²) in [6, 6.07) is 13.1. The molecule has 128 valence electrons. The highest BCUT2D eigenvalue weighted by molar-refractivity contribution is 6.31. The van der Waals surface area contributed by atoms with Crippen LogP contribution in [0.1, 0.15) is 23.6 Å². The molecule has 2 aromatic carbocycles. The van der Waals surface area contributed by atoms with E-state index in [0.29, 0.717) is 10.7 Å². The summed E-state index contributed by atoms with van der Waals surface area (Å²) in [4.78, 5) is 12.4. The zero-order valence-corrected chi connectivity index (χ0v) is 15.2. The highest BCUT2D eigenvalue weighted by Crippen LogP contribution is 2.22. The molecule has 0 saturated carbocycles. The van der Waals surface area contributed by atoms with Crippen molar-refractivity contribution < 1.29 is 4.79 Å². The van der Waals surface area contributed by atoms with Gasteiger partial charge in [-0.15, -0.1) is 0 Å². The number of amides is 1. The van der Waals surface area contributed by atoms with Gasteiger partial charge in [-0.2, -0.15) is 5.26 Å². The Kier molecular flexibility index (Phi) is 6.21. The van der Waals surface area contributed by atoms with Crippen LogP contribution < -0.4 is 10.6 Å². The fourth-order valence-corrected chi connectivity index (χ4v) is 2.61. The lowest BCUT2D eigenvalue weighted by molar-refractivity contribution is -0.112. The summed E-state index contributed by atoms with van der Waals surface area (Å²) in [6.07, 6.45) is 2.30. The fraction of sp³-hybridized carbons (Fsp3) is 0.200. The summed E-state index contributed by atoms with van der Waals surface area (Å²) < 4.78 is 0. The van der Waals surface area contributed by atoms with Crippen LogP contribution >= 0.6 is 11.6 Å². The minimum Gasteiger partial charge on any atom is -0.360 e. The summed E-state index contributed by atoms with van der Waals surface area (Å²) in [5.74, 6) is -0.480. The Morgan fingerprint density at radius 2 is 2.00 bits per heavy atom. The third-order valence-corrected chi connectivity index (χ3v) is 4.15. The molecular formula is C20H20ClN3O. The molecule has 0 fully saturated rings. The number of benzene rings is 2. The van der Waals surface area contributed by atoms with Crippen molar-refractivity contribution in [2.45, 2.75) is 27.2 Å². The van der Waals surface area contributed by atoms with Crippen molar-refractivity contribution in [2.75, 3.05) is 10.6 Å². The second-order valence-electron chi connectivity index (χ2n) is 5.69. The maximum atomic E-state index is 12.4. The van der Waals surface area contributed by atoms with Crippen LogP contribution in [0.5, 0.6) is 0 Å². The summed E-state index contributed by atoms with van der Waals surface area (Å²) in [6.45, 7) is 5.90. The molecule has 2 aromatic rings. The lowest BCUT2D eigenvalue weighted by Gasteiger charge is -2.12. The Bertz CT molecular complexity index is 866. The highest BCUT2D eigenvalue weighted by atomic mass is 35.5. The van der Waals surface area contributed by atoms with E-state index in [2.05, 4.69) is 17.6 Å². The van der Waals surface area contributed by atoms with Gasteiger partial charge in [-0.25, -0.2) is 0 Å². The molecule has 2 rings (SSSR count). The number of halogens is 1. The first kappa shape index (κ1) is 18.6. The van der Waals surface area contributed by atoms with Crippen LogP contribution in [-0.2, 0) is 11.2 Å². The molecule has 0 aliphatic carbocycles. The molecule has 0 bridgehead atoms. The molecule has 0 unspecified atom stereocenters. The predicted molar refractivity (Wildman–Crippen MR) is 103 cm³/mol. The van der Waals surface area contributed by atoms with Crippen molar-refractivity contribution in [2.24, 2.45) is 0 Å². The molecule has 0 saturated heterocycles. The molecule has 0 aromatic heterocycles. The van der Waals surface area contributed by atoms with Crippen LogP contribution in [0.4, 0.5) is 11.4 Å². The van der Waals surface area contributed by atoms with Crippen LogP contribution in [0, 0.1) is 25.2 Å². The number of nitriles is 1. The quantitative estimate of drug-likeness (QED) is 0.588. The van der Waals surface area contributed by atoms with E-state index in [0.717, 1.165) is 28.8 Å². The van der Waals surface area contributed by atoms with Gasteiger partial charge in [-0.05, 0) is 49.1 Å². The van der Waals surface area contributed by atoms with E-state index < -0.39 is 5.91 Å². The van der Waals surface area contributed by atoms with Gasteiger partial charge in [0.05, 0.1) is 0 Å². The Morgan fingerprint density at radius 1 is 1.24 bits per heavy atom. The van der Waals surface area contributed by atoms with Crippen molar-refractivity contribution in [1.29, 1.82) is 5.26 Å². The van der Waals surface area contributed by atoms with Crippen molar-refractivity contribution in [3.8, 4) is 6.07 Å². The molecule has 1 amide bonds. The highest BCUT2D eigenvalue weighted by Gasteiger charge is 2.12. The van der Waals surface area contributed by atoms with E-state index in [4.69, 9.17) is 11.6 Å². The number of hydrogen-bond donors (Lipinski definition) is 2. The van der Waals surface area contributed by atoms with Crippen LogP contribution in [0.15, 0.2) is 48.2 Å². The normalized spacial score (nSPS) is 10.9. The van der Waals surface area contributed by atoms with E-state index in [-0.39, 0.29) is 5.57 Å². The number of rotatable bonds is 5. The number of anilines is 2. The third-order valence-electron chi connectivity index (χ3n) is 3.91. The Hall–Kier alpha value is -2.77. The largest absolute Gasteiger partial charge is 0.360 e. The fourth-order valence-electron chi connectivity index (χ4n) is 2.44. The van der Waals surface area contributed by atoms with Crippen molar-refractivity contribution in [3.05, 3.63) is 69.9 Å². The Labute approximate surface area is 153 Å². The standard InChI is InChI=1S/C20H20ClN3O/c1-4-15-7-5-6-14(3)19(15)23-12-16(11-22)20(25)24-18-10-17(21)9-8-13(18)2/h5-10,12,23H,4H2,1-3H3,(H,24,25)/b16-12-. The lowest BCUT2D eigenvalue weighted by atomic mass is 10.1. The van der Waals surface area contributed by atoms with E-state index in [1.54, 1.807) is 12.1 Å². The average molecular weight is 354 g/mol. The van der Waals surface area contributed by atoms with Gasteiger partial charge in [0.15, 0.2) is 0 Å². The second kappa shape index (κ2) is 8.36. The topological polar surface area (TPSA) is 64.9 Å². The minimum atomic E-state index is -0.480. The molecule has 0 atom stereocenters. The molecular weight excluding hydrogens is 334 g/mol. The van der Waals surface area contributed by atoms with Gasteiger partial charge < -0.3 is 10.6 Å². The maximum absolute atomic E-state index is 12.4. The van der Waals surface area contributed by atoms with E-state index >= 15 is 0 Å². The van der Waals surface area contributed by atoms with Crippen LogP contribution in [0.2, 0.25) is 5.02 Å². The molecule has 0 spiro atoms. The van der Waals surface area contributed by atoms with Gasteiger partial charge in [-0.3, -0.25) is 4.79 Å². The number of carbonyl (C=O) groups is 1. The van der Waals surface area contributed by atoms with E-state index in [1.165, 1.54) is 6.20 Å². The van der Waals surface area contributed by atoms with Crippen molar-refractivity contribution >= 4 is 28.9 Å². The van der Waals surface area contributed by atoms with Gasteiger partial charge in [-0.1, -0.05) is 42.8 Å². The molecule has 0 heterocycles. The Balaban J connectivity index is 2.22. The van der Waals surface area contributed by atoms with Crippen molar-refractivity contribution in [1.82, 2.24) is 0 Å². The summed E-state index contributed by atoms with van der Waals surface area (Å²) in [5, 5.41) is 15.7. The monoisotopic (exact) mass is 353 g/mol. The van der Waals surface area contributed by atoms with Crippen LogP contribution in [-0.4, -0.2) is 5.91 Å². The third kappa shape index (κ3) is 4.62. The van der Waals surface area contributed by atoms with Gasteiger partial charge >= 0.3 is 0 Å². The minimum absolute atomic E-state index is 0.00955. The maximum Gasteiger partial charge on any atom is 0.267 e. The first-order valence-corrected chi connectivity index (χ1v) is 8.36. The van der Waals surface area contributed by atoms with Gasteiger partial charge in [0.1, 0.15) is 11.6 Å². The Morgan fingerprint density at radius 3 is 2.68 bits per heavy atom. The smallest absolute Gasteiger partial charge is 0.267 e. The molecule has 0 aliphatic heterocycles. The van der Waals surface area contributed by atoms with Gasteiger partial charge in [0.25, 0.3) is 5.91 Å². The summed E-state index contributed by atoms with van der Waals surface area (Å²) in [5.41, 5.74) is 4.55. The lowest BCUT2D eigenvalue weighted by Crippen LogP contribution is -2.15. The van der Waals surface area contributed by atoms with Crippen molar-refractivity contribution in [3.63, 3.8) is 0 Å². The predicted octanol–water partition coefficient (Wildman–Crippen LogP) is 4.98. The zero-order valence-electron chi connectivity index (χ0n) is 14.5. The first-order chi connectivity index (χ1) is 12.0. The SMILES string of the molecule is CCc1cccc(C)c1N/C=C(/C#N)C(=O)Nc1cc(Cl)ccc1C. The molecule has 0 aliphatic rings. The number of carbonyl (C=O) groups excluding carboxylic acids is 1. The van der Waals surface area contributed by atoms with Gasteiger partial charge in [0, 0.05) is 22.6 Å². The number of hydrogen-bond acceptors (Lipinski definition) is 3. The van der Waals surface area contributed by atoms with Gasteiger partial charge in [0.2, 0.25) is 0 Å². The second-order valence-corrected chi connectivity index (χ2v) is 6.13. The molecule has 0 radical (unpaired) electrons.